The van der Waals surface area contributed by atoms with Gasteiger partial charge in [0, 0.05) is 30.6 Å². The molecule has 11 heteroatoms. The van der Waals surface area contributed by atoms with Crippen molar-refractivity contribution in [1.82, 2.24) is 10.2 Å². The van der Waals surface area contributed by atoms with E-state index in [1.165, 1.54) is 37.3 Å². The second kappa shape index (κ2) is 15.6. The van der Waals surface area contributed by atoms with E-state index in [1.54, 1.807) is 55.5 Å². The van der Waals surface area contributed by atoms with Crippen LogP contribution in [0.4, 0.5) is 5.69 Å². The highest BCUT2D eigenvalue weighted by molar-refractivity contribution is 7.92. The number of nitrogens with zero attached hydrogens (tertiary/aromatic N) is 2. The Balaban J connectivity index is 1.81. The molecule has 9 nitrogen and oxygen atoms in total. The van der Waals surface area contributed by atoms with Crippen molar-refractivity contribution >= 4 is 39.1 Å². The number of rotatable bonds is 14. The molecule has 2 amide bonds. The summed E-state index contributed by atoms with van der Waals surface area (Å²) in [5, 5.41) is 3.38. The van der Waals surface area contributed by atoms with E-state index in [4.69, 9.17) is 21.1 Å². The number of aryl methyl sites for hydroxylation is 1. The van der Waals surface area contributed by atoms with E-state index < -0.39 is 28.5 Å². The second-order valence-electron chi connectivity index (χ2n) is 10.6. The second-order valence-corrected chi connectivity index (χ2v) is 12.9. The van der Waals surface area contributed by atoms with Gasteiger partial charge in [-0.3, -0.25) is 13.9 Å². The lowest BCUT2D eigenvalue weighted by Gasteiger charge is -2.34. The van der Waals surface area contributed by atoms with Gasteiger partial charge in [0.1, 0.15) is 12.6 Å². The predicted molar refractivity (Wildman–Crippen MR) is 180 cm³/mol. The molecule has 4 aromatic rings. The summed E-state index contributed by atoms with van der Waals surface area (Å²) < 4.78 is 40.3. The van der Waals surface area contributed by atoms with Gasteiger partial charge in [0.15, 0.2) is 11.5 Å². The van der Waals surface area contributed by atoms with Crippen LogP contribution in [0.5, 0.6) is 11.5 Å². The minimum absolute atomic E-state index is 0.0444. The number of hydrogen-bond donors (Lipinski definition) is 1. The molecule has 0 radical (unpaired) electrons. The zero-order chi connectivity index (χ0) is 33.3. The molecule has 0 fully saturated rings. The number of carbonyl (C=O) groups is 2. The molecule has 0 spiro atoms. The first-order valence-electron chi connectivity index (χ1n) is 14.7. The highest BCUT2D eigenvalue weighted by Crippen LogP contribution is 2.32. The minimum Gasteiger partial charge on any atom is -0.493 e. The van der Waals surface area contributed by atoms with Gasteiger partial charge in [0.05, 0.1) is 24.8 Å². The molecule has 4 rings (SSSR count). The monoisotopic (exact) mass is 663 g/mol. The summed E-state index contributed by atoms with van der Waals surface area (Å²) in [6, 6.07) is 26.5. The van der Waals surface area contributed by atoms with Crippen molar-refractivity contribution in [2.45, 2.75) is 37.8 Å². The molecule has 0 aromatic heterocycles. The predicted octanol–water partition coefficient (Wildman–Crippen LogP) is 5.64. The maximum atomic E-state index is 14.5. The third-order valence-electron chi connectivity index (χ3n) is 7.43. The molecule has 242 valence electrons. The number of likely N-dealkylation sites (N-methyl/N-ethyl adjacent to an activating group) is 1. The highest BCUT2D eigenvalue weighted by Gasteiger charge is 2.35. The van der Waals surface area contributed by atoms with Gasteiger partial charge in [-0.05, 0) is 61.4 Å². The van der Waals surface area contributed by atoms with Crippen LogP contribution in [0.25, 0.3) is 0 Å². The largest absolute Gasteiger partial charge is 0.493 e. The van der Waals surface area contributed by atoms with Crippen molar-refractivity contribution in [3.05, 3.63) is 119 Å². The Labute approximate surface area is 275 Å². The lowest BCUT2D eigenvalue weighted by Crippen LogP contribution is -2.53. The number of amides is 2. The molecule has 0 aliphatic heterocycles. The van der Waals surface area contributed by atoms with E-state index in [9.17, 15) is 18.0 Å². The van der Waals surface area contributed by atoms with Gasteiger partial charge in [-0.25, -0.2) is 8.42 Å². The topological polar surface area (TPSA) is 105 Å². The van der Waals surface area contributed by atoms with Crippen molar-refractivity contribution < 1.29 is 27.5 Å². The summed E-state index contributed by atoms with van der Waals surface area (Å²) in [4.78, 5) is 29.4. The van der Waals surface area contributed by atoms with Crippen LogP contribution < -0.4 is 19.1 Å². The van der Waals surface area contributed by atoms with E-state index in [2.05, 4.69) is 5.32 Å². The van der Waals surface area contributed by atoms with Crippen LogP contribution >= 0.6 is 11.6 Å². The molecule has 0 bridgehead atoms. The standard InChI is InChI=1S/C35H38ClN3O6S/c1-5-37-35(41)31(21-26-9-7-6-8-10-26)38(23-27-13-15-28(36)16-14-27)34(40)24-39(29-17-11-25(2)12-18-29)46(42,43)30-19-20-32(44-3)33(22-30)45-4/h6-20,22,31H,5,21,23-24H2,1-4H3,(H,37,41)/t31-/m0/s1. The van der Waals surface area contributed by atoms with Crippen LogP contribution in [0.3, 0.4) is 0 Å². The third kappa shape index (κ3) is 8.38. The van der Waals surface area contributed by atoms with Crippen molar-refractivity contribution in [3.8, 4) is 11.5 Å². The van der Waals surface area contributed by atoms with Crippen molar-refractivity contribution in [2.75, 3.05) is 31.6 Å². The quantitative estimate of drug-likeness (QED) is 0.187. The van der Waals surface area contributed by atoms with Crippen molar-refractivity contribution in [3.63, 3.8) is 0 Å². The van der Waals surface area contributed by atoms with Crippen molar-refractivity contribution in [2.24, 2.45) is 0 Å². The maximum Gasteiger partial charge on any atom is 0.264 e. The Morgan fingerprint density at radius 2 is 1.50 bits per heavy atom. The number of sulfonamides is 1. The summed E-state index contributed by atoms with van der Waals surface area (Å²) >= 11 is 6.13. The molecular formula is C35H38ClN3O6S. The Morgan fingerprint density at radius 1 is 0.848 bits per heavy atom. The van der Waals surface area contributed by atoms with E-state index in [-0.39, 0.29) is 35.2 Å². The smallest absolute Gasteiger partial charge is 0.264 e. The number of ether oxygens (including phenoxy) is 2. The van der Waals surface area contributed by atoms with Crippen LogP contribution in [0.2, 0.25) is 5.02 Å². The number of hydrogen-bond acceptors (Lipinski definition) is 6. The first kappa shape index (κ1) is 34.3. The highest BCUT2D eigenvalue weighted by atomic mass is 35.5. The van der Waals surface area contributed by atoms with E-state index in [0.29, 0.717) is 17.3 Å². The van der Waals surface area contributed by atoms with Gasteiger partial charge in [-0.1, -0.05) is 71.8 Å². The van der Waals surface area contributed by atoms with Gasteiger partial charge in [0.25, 0.3) is 10.0 Å². The molecule has 0 aliphatic carbocycles. The molecule has 0 saturated carbocycles. The number of methoxy groups -OCH3 is 2. The number of anilines is 1. The SMILES string of the molecule is CCNC(=O)[C@H](Cc1ccccc1)N(Cc1ccc(Cl)cc1)C(=O)CN(c1ccc(C)cc1)S(=O)(=O)c1ccc(OC)c(OC)c1. The van der Waals surface area contributed by atoms with Crippen LogP contribution in [-0.4, -0.2) is 58.5 Å². The first-order valence-corrected chi connectivity index (χ1v) is 16.6. The Kier molecular flexibility index (Phi) is 11.7. The average molecular weight is 664 g/mol. The molecule has 0 aliphatic rings. The fourth-order valence-electron chi connectivity index (χ4n) is 4.98. The molecule has 0 heterocycles. The molecule has 46 heavy (non-hydrogen) atoms. The summed E-state index contributed by atoms with van der Waals surface area (Å²) in [5.74, 6) is -0.327. The zero-order valence-corrected chi connectivity index (χ0v) is 27.8. The van der Waals surface area contributed by atoms with Gasteiger partial charge < -0.3 is 19.7 Å². The van der Waals surface area contributed by atoms with E-state index in [0.717, 1.165) is 21.0 Å². The average Bonchev–Trinajstić information content (AvgIpc) is 3.06. The van der Waals surface area contributed by atoms with Gasteiger partial charge in [0.2, 0.25) is 11.8 Å². The first-order chi connectivity index (χ1) is 22.1. The number of benzene rings is 4. The lowest BCUT2D eigenvalue weighted by atomic mass is 10.0. The molecular weight excluding hydrogens is 626 g/mol. The molecule has 0 saturated heterocycles. The summed E-state index contributed by atoms with van der Waals surface area (Å²) in [6.07, 6.45) is 0.221. The van der Waals surface area contributed by atoms with E-state index >= 15 is 0 Å². The number of nitrogens with one attached hydrogen (secondary N) is 1. The van der Waals surface area contributed by atoms with Crippen LogP contribution in [0, 0.1) is 6.92 Å². The minimum atomic E-state index is -4.31. The molecule has 4 aromatic carbocycles. The third-order valence-corrected chi connectivity index (χ3v) is 9.45. The van der Waals surface area contributed by atoms with Gasteiger partial charge in [-0.2, -0.15) is 0 Å². The Morgan fingerprint density at radius 3 is 2.11 bits per heavy atom. The normalized spacial score (nSPS) is 11.8. The zero-order valence-electron chi connectivity index (χ0n) is 26.3. The molecule has 1 N–H and O–H groups in total. The number of carbonyl (C=O) groups excluding carboxylic acids is 2. The lowest BCUT2D eigenvalue weighted by molar-refractivity contribution is -0.140. The van der Waals surface area contributed by atoms with Gasteiger partial charge in [-0.15, -0.1) is 0 Å². The van der Waals surface area contributed by atoms with Crippen molar-refractivity contribution in [1.29, 1.82) is 0 Å². The van der Waals surface area contributed by atoms with E-state index in [1.807, 2.05) is 37.3 Å². The fraction of sp³-hybridized carbons (Fsp3) is 0.257. The van der Waals surface area contributed by atoms with Crippen LogP contribution in [0.1, 0.15) is 23.6 Å². The Hall–Kier alpha value is -4.54. The number of halogens is 1. The fourth-order valence-corrected chi connectivity index (χ4v) is 6.53. The van der Waals surface area contributed by atoms with Gasteiger partial charge >= 0.3 is 0 Å². The molecule has 1 atom stereocenters. The van der Waals surface area contributed by atoms with Crippen LogP contribution in [-0.2, 0) is 32.6 Å². The molecule has 0 unspecified atom stereocenters. The summed E-state index contributed by atoms with van der Waals surface area (Å²) in [5.41, 5.74) is 2.78. The summed E-state index contributed by atoms with van der Waals surface area (Å²) in [6.45, 7) is 3.52. The maximum absolute atomic E-state index is 14.5. The van der Waals surface area contributed by atoms with Crippen LogP contribution in [0.15, 0.2) is 102 Å². The Bertz CT molecular complexity index is 1730. The summed E-state index contributed by atoms with van der Waals surface area (Å²) in [7, 11) is -1.44.